The molecule has 32 heavy (non-hydrogen) atoms. The Labute approximate surface area is 181 Å². The zero-order chi connectivity index (χ0) is 22.9. The molecule has 0 unspecified atom stereocenters. The van der Waals surface area contributed by atoms with Gasteiger partial charge < -0.3 is 19.1 Å². The molecule has 0 spiro atoms. The molecule has 4 aromatic rings. The summed E-state index contributed by atoms with van der Waals surface area (Å²) in [6, 6.07) is 19.6. The highest BCUT2D eigenvalue weighted by atomic mass is 19.4. The normalized spacial score (nSPS) is 11.5. The number of benzene rings is 3. The van der Waals surface area contributed by atoms with Crippen LogP contribution in [0.15, 0.2) is 72.8 Å². The van der Waals surface area contributed by atoms with E-state index >= 15 is 0 Å². The molecule has 1 aromatic heterocycles. The standard InChI is InChI=1S/C24H18F3NO4/c1-2-31-19-10-6-18(7-11-19)28-21-12-5-16(13-17(21)14-22(28)23(29)30)15-3-8-20(9-4-15)32-24(25,26)27/h3-14H,2H2,1H3,(H,29,30). The van der Waals surface area contributed by atoms with Gasteiger partial charge >= 0.3 is 12.3 Å². The summed E-state index contributed by atoms with van der Waals surface area (Å²) in [7, 11) is 0. The molecule has 0 aliphatic heterocycles. The Bertz CT molecular complexity index is 1260. The van der Waals surface area contributed by atoms with Crippen LogP contribution in [0.1, 0.15) is 17.4 Å². The maximum Gasteiger partial charge on any atom is 0.573 e. The van der Waals surface area contributed by atoms with Crippen molar-refractivity contribution in [1.29, 1.82) is 0 Å². The number of alkyl halides is 3. The van der Waals surface area contributed by atoms with Gasteiger partial charge in [0, 0.05) is 11.1 Å². The first kappa shape index (κ1) is 21.3. The highest BCUT2D eigenvalue weighted by molar-refractivity contribution is 5.97. The largest absolute Gasteiger partial charge is 0.573 e. The van der Waals surface area contributed by atoms with Crippen molar-refractivity contribution in [2.75, 3.05) is 6.61 Å². The van der Waals surface area contributed by atoms with Crippen LogP contribution in [0, 0.1) is 0 Å². The predicted octanol–water partition coefficient (Wildman–Crippen LogP) is 6.29. The lowest BCUT2D eigenvalue weighted by molar-refractivity contribution is -0.274. The second kappa shape index (κ2) is 8.30. The number of hydrogen-bond acceptors (Lipinski definition) is 3. The maximum absolute atomic E-state index is 12.4. The van der Waals surface area contributed by atoms with Crippen LogP contribution >= 0.6 is 0 Å². The van der Waals surface area contributed by atoms with Crippen molar-refractivity contribution in [3.05, 3.63) is 78.5 Å². The highest BCUT2D eigenvalue weighted by Gasteiger charge is 2.31. The minimum atomic E-state index is -4.75. The third kappa shape index (κ3) is 4.39. The van der Waals surface area contributed by atoms with Crippen LogP contribution in [0.25, 0.3) is 27.7 Å². The van der Waals surface area contributed by atoms with Gasteiger partial charge in [-0.1, -0.05) is 18.2 Å². The van der Waals surface area contributed by atoms with Crippen LogP contribution in [0.5, 0.6) is 11.5 Å². The van der Waals surface area contributed by atoms with Gasteiger partial charge in [-0.3, -0.25) is 0 Å². The molecule has 0 saturated carbocycles. The van der Waals surface area contributed by atoms with Crippen molar-refractivity contribution in [2.45, 2.75) is 13.3 Å². The molecule has 0 fully saturated rings. The number of carbonyl (C=O) groups is 1. The smallest absolute Gasteiger partial charge is 0.494 e. The van der Waals surface area contributed by atoms with E-state index in [4.69, 9.17) is 4.74 Å². The van der Waals surface area contributed by atoms with Crippen molar-refractivity contribution >= 4 is 16.9 Å². The number of carboxylic acids is 1. The van der Waals surface area contributed by atoms with E-state index in [9.17, 15) is 23.1 Å². The minimum Gasteiger partial charge on any atom is -0.494 e. The van der Waals surface area contributed by atoms with Crippen LogP contribution in [0.4, 0.5) is 13.2 Å². The number of aromatic nitrogens is 1. The Morgan fingerprint density at radius 1 is 0.906 bits per heavy atom. The number of aromatic carboxylic acids is 1. The third-order valence-corrected chi connectivity index (χ3v) is 4.85. The van der Waals surface area contributed by atoms with Crippen molar-refractivity contribution < 1.29 is 32.5 Å². The molecule has 0 aliphatic rings. The Morgan fingerprint density at radius 2 is 1.53 bits per heavy atom. The van der Waals surface area contributed by atoms with Gasteiger partial charge in [-0.2, -0.15) is 0 Å². The second-order valence-corrected chi connectivity index (χ2v) is 6.94. The van der Waals surface area contributed by atoms with Crippen molar-refractivity contribution in [2.24, 2.45) is 0 Å². The second-order valence-electron chi connectivity index (χ2n) is 6.94. The summed E-state index contributed by atoms with van der Waals surface area (Å²) < 4.78 is 48.1. The lowest BCUT2D eigenvalue weighted by Gasteiger charge is -2.11. The molecular weight excluding hydrogens is 423 g/mol. The Morgan fingerprint density at radius 3 is 2.12 bits per heavy atom. The van der Waals surface area contributed by atoms with Gasteiger partial charge in [-0.15, -0.1) is 13.2 Å². The third-order valence-electron chi connectivity index (χ3n) is 4.85. The molecule has 0 aliphatic carbocycles. The zero-order valence-corrected chi connectivity index (χ0v) is 16.9. The van der Waals surface area contributed by atoms with Gasteiger partial charge in [0.25, 0.3) is 0 Å². The molecule has 1 heterocycles. The fraction of sp³-hybridized carbons (Fsp3) is 0.125. The molecule has 164 valence electrons. The number of carboxylic acid groups (broad SMARTS) is 1. The van der Waals surface area contributed by atoms with Gasteiger partial charge in [-0.25, -0.2) is 4.79 Å². The van der Waals surface area contributed by atoms with Gasteiger partial charge in [0.15, 0.2) is 0 Å². The summed E-state index contributed by atoms with van der Waals surface area (Å²) in [5.41, 5.74) is 2.86. The predicted molar refractivity (Wildman–Crippen MR) is 114 cm³/mol. The molecule has 0 radical (unpaired) electrons. The quantitative estimate of drug-likeness (QED) is 0.382. The van der Waals surface area contributed by atoms with Crippen LogP contribution < -0.4 is 9.47 Å². The molecule has 0 bridgehead atoms. The molecule has 3 aromatic carbocycles. The van der Waals surface area contributed by atoms with Crippen LogP contribution in [0.3, 0.4) is 0 Å². The number of fused-ring (bicyclic) bond motifs is 1. The lowest BCUT2D eigenvalue weighted by Crippen LogP contribution is -2.16. The zero-order valence-electron chi connectivity index (χ0n) is 16.9. The maximum atomic E-state index is 12.4. The Hall–Kier alpha value is -3.94. The van der Waals surface area contributed by atoms with Crippen molar-refractivity contribution in [1.82, 2.24) is 4.57 Å². The first-order chi connectivity index (χ1) is 15.2. The van der Waals surface area contributed by atoms with Gasteiger partial charge in [-0.05, 0) is 72.6 Å². The van der Waals surface area contributed by atoms with Gasteiger partial charge in [0.2, 0.25) is 0 Å². The molecule has 0 amide bonds. The van der Waals surface area contributed by atoms with Gasteiger partial charge in [0.1, 0.15) is 17.2 Å². The molecule has 4 rings (SSSR count). The number of nitrogens with zero attached hydrogens (tertiary/aromatic N) is 1. The van der Waals surface area contributed by atoms with E-state index in [1.54, 1.807) is 53.1 Å². The van der Waals surface area contributed by atoms with Crippen LogP contribution in [-0.2, 0) is 0 Å². The van der Waals surface area contributed by atoms with Crippen LogP contribution in [-0.4, -0.2) is 28.6 Å². The monoisotopic (exact) mass is 441 g/mol. The SMILES string of the molecule is CCOc1ccc(-n2c(C(=O)O)cc3cc(-c4ccc(OC(F)(F)F)cc4)ccc32)cc1. The van der Waals surface area contributed by atoms with Crippen molar-refractivity contribution in [3.63, 3.8) is 0 Å². The number of halogens is 3. The van der Waals surface area contributed by atoms with E-state index in [-0.39, 0.29) is 11.4 Å². The average Bonchev–Trinajstić information content (AvgIpc) is 3.13. The van der Waals surface area contributed by atoms with E-state index in [0.29, 0.717) is 34.5 Å². The molecular formula is C24H18F3NO4. The Kier molecular flexibility index (Phi) is 5.52. The summed E-state index contributed by atoms with van der Waals surface area (Å²) in [5, 5.41) is 10.4. The number of hydrogen-bond donors (Lipinski definition) is 1. The first-order valence-electron chi connectivity index (χ1n) is 9.73. The van der Waals surface area contributed by atoms with E-state index in [1.807, 2.05) is 6.92 Å². The molecule has 0 saturated heterocycles. The summed E-state index contributed by atoms with van der Waals surface area (Å²) in [6.45, 7) is 2.41. The fourth-order valence-electron chi connectivity index (χ4n) is 3.54. The number of rotatable bonds is 6. The average molecular weight is 441 g/mol. The summed E-state index contributed by atoms with van der Waals surface area (Å²) >= 11 is 0. The molecule has 0 atom stereocenters. The molecule has 8 heteroatoms. The van der Waals surface area contributed by atoms with E-state index in [2.05, 4.69) is 4.74 Å². The topological polar surface area (TPSA) is 60.7 Å². The van der Waals surface area contributed by atoms with E-state index < -0.39 is 12.3 Å². The Balaban J connectivity index is 1.73. The van der Waals surface area contributed by atoms with Crippen molar-refractivity contribution in [3.8, 4) is 28.3 Å². The first-order valence-corrected chi connectivity index (χ1v) is 9.73. The van der Waals surface area contributed by atoms with E-state index in [0.717, 1.165) is 5.56 Å². The molecule has 5 nitrogen and oxygen atoms in total. The lowest BCUT2D eigenvalue weighted by atomic mass is 10.0. The summed E-state index contributed by atoms with van der Waals surface area (Å²) in [5.74, 6) is -0.702. The molecule has 1 N–H and O–H groups in total. The highest BCUT2D eigenvalue weighted by Crippen LogP contribution is 2.31. The number of ether oxygens (including phenoxy) is 2. The minimum absolute atomic E-state index is 0.0928. The summed E-state index contributed by atoms with van der Waals surface area (Å²) in [4.78, 5) is 11.9. The van der Waals surface area contributed by atoms with Crippen LogP contribution in [0.2, 0.25) is 0 Å². The van der Waals surface area contributed by atoms with Gasteiger partial charge in [0.05, 0.1) is 12.1 Å². The fourth-order valence-corrected chi connectivity index (χ4v) is 3.54. The summed E-state index contributed by atoms with van der Waals surface area (Å²) in [6.07, 6.45) is -4.75. The van der Waals surface area contributed by atoms with E-state index in [1.165, 1.54) is 24.3 Å².